The molecule has 1 atom stereocenters. The minimum atomic E-state index is -0.537. The Bertz CT molecular complexity index is 717. The molecule has 0 bridgehead atoms. The second kappa shape index (κ2) is 7.40. The van der Waals surface area contributed by atoms with Crippen molar-refractivity contribution >= 4 is 17.4 Å². The lowest BCUT2D eigenvalue weighted by molar-refractivity contribution is 0.0398. The second-order valence-corrected chi connectivity index (χ2v) is 5.86. The number of pyridine rings is 1. The van der Waals surface area contributed by atoms with Crippen LogP contribution in [0.2, 0.25) is 0 Å². The lowest BCUT2D eigenvalue weighted by atomic mass is 10.2. The van der Waals surface area contributed by atoms with E-state index in [9.17, 15) is 5.11 Å². The van der Waals surface area contributed by atoms with Crippen LogP contribution in [0.25, 0.3) is 5.65 Å². The van der Waals surface area contributed by atoms with Crippen LogP contribution in [-0.2, 0) is 11.3 Å². The number of nitrogens with zero attached hydrogens (tertiary/aromatic N) is 3. The standard InChI is InChI=1S/C16H17N3O2S/c20-14(11-21-10-13-6-2-1-3-7-13)12-22-16-18-17-15-8-4-5-9-19(15)16/h1-9,14,20H,10-12H2/t14-/m1/s1. The lowest BCUT2D eigenvalue weighted by Gasteiger charge is -2.10. The van der Waals surface area contributed by atoms with E-state index in [1.807, 2.05) is 59.1 Å². The molecular weight excluding hydrogens is 298 g/mol. The van der Waals surface area contributed by atoms with E-state index in [1.54, 1.807) is 0 Å². The minimum Gasteiger partial charge on any atom is -0.390 e. The fraction of sp³-hybridized carbons (Fsp3) is 0.250. The second-order valence-electron chi connectivity index (χ2n) is 4.88. The molecule has 2 heterocycles. The SMILES string of the molecule is O[C@H](COCc1ccccc1)CSc1nnc2ccccn12. The summed E-state index contributed by atoms with van der Waals surface area (Å²) in [4.78, 5) is 0. The number of aliphatic hydroxyl groups excluding tert-OH is 1. The van der Waals surface area contributed by atoms with Gasteiger partial charge in [0.05, 0.1) is 19.3 Å². The maximum Gasteiger partial charge on any atom is 0.195 e. The molecule has 0 aliphatic heterocycles. The molecule has 0 unspecified atom stereocenters. The molecule has 0 aliphatic carbocycles. The molecule has 22 heavy (non-hydrogen) atoms. The first kappa shape index (κ1) is 15.0. The predicted octanol–water partition coefficient (Wildman–Crippen LogP) is 2.40. The van der Waals surface area contributed by atoms with Crippen LogP contribution in [0.15, 0.2) is 59.9 Å². The Hall–Kier alpha value is -1.89. The summed E-state index contributed by atoms with van der Waals surface area (Å²) in [6.07, 6.45) is 1.38. The smallest absolute Gasteiger partial charge is 0.195 e. The molecular formula is C16H17N3O2S. The summed E-state index contributed by atoms with van der Waals surface area (Å²) in [5, 5.41) is 19.0. The topological polar surface area (TPSA) is 59.7 Å². The molecule has 5 nitrogen and oxygen atoms in total. The molecule has 0 saturated carbocycles. The van der Waals surface area contributed by atoms with Crippen LogP contribution in [0, 0.1) is 0 Å². The summed E-state index contributed by atoms with van der Waals surface area (Å²) < 4.78 is 7.44. The van der Waals surface area contributed by atoms with Crippen LogP contribution in [0.4, 0.5) is 0 Å². The van der Waals surface area contributed by atoms with Gasteiger partial charge >= 0.3 is 0 Å². The highest BCUT2D eigenvalue weighted by molar-refractivity contribution is 7.99. The van der Waals surface area contributed by atoms with Crippen molar-refractivity contribution in [3.8, 4) is 0 Å². The van der Waals surface area contributed by atoms with Crippen LogP contribution in [-0.4, -0.2) is 38.2 Å². The van der Waals surface area contributed by atoms with Crippen LogP contribution in [0.3, 0.4) is 0 Å². The van der Waals surface area contributed by atoms with Crippen LogP contribution < -0.4 is 0 Å². The molecule has 0 spiro atoms. The Morgan fingerprint density at radius 2 is 1.91 bits per heavy atom. The number of hydrogen-bond donors (Lipinski definition) is 1. The highest BCUT2D eigenvalue weighted by Gasteiger charge is 2.10. The molecule has 2 aromatic heterocycles. The van der Waals surface area contributed by atoms with Crippen molar-refractivity contribution in [3.63, 3.8) is 0 Å². The van der Waals surface area contributed by atoms with Crippen LogP contribution in [0.5, 0.6) is 0 Å². The largest absolute Gasteiger partial charge is 0.390 e. The maximum absolute atomic E-state index is 9.99. The van der Waals surface area contributed by atoms with E-state index in [2.05, 4.69) is 10.2 Å². The van der Waals surface area contributed by atoms with Crippen molar-refractivity contribution in [1.82, 2.24) is 14.6 Å². The summed E-state index contributed by atoms with van der Waals surface area (Å²) in [5.41, 5.74) is 1.91. The van der Waals surface area contributed by atoms with E-state index >= 15 is 0 Å². The van der Waals surface area contributed by atoms with Gasteiger partial charge in [-0.25, -0.2) is 0 Å². The monoisotopic (exact) mass is 315 g/mol. The van der Waals surface area contributed by atoms with E-state index in [0.717, 1.165) is 16.4 Å². The molecule has 3 aromatic rings. The Morgan fingerprint density at radius 1 is 1.09 bits per heavy atom. The van der Waals surface area contributed by atoms with Crippen LogP contribution >= 0.6 is 11.8 Å². The quantitative estimate of drug-likeness (QED) is 0.678. The highest BCUT2D eigenvalue weighted by atomic mass is 32.2. The summed E-state index contributed by atoms with van der Waals surface area (Å²) in [6.45, 7) is 0.815. The maximum atomic E-state index is 9.99. The summed E-state index contributed by atoms with van der Waals surface area (Å²) in [7, 11) is 0. The third kappa shape index (κ3) is 3.85. The van der Waals surface area contributed by atoms with Crippen molar-refractivity contribution < 1.29 is 9.84 Å². The Labute approximate surface area is 133 Å². The fourth-order valence-electron chi connectivity index (χ4n) is 2.02. The summed E-state index contributed by atoms with van der Waals surface area (Å²) >= 11 is 1.47. The lowest BCUT2D eigenvalue weighted by Crippen LogP contribution is -2.18. The molecule has 0 amide bonds. The average Bonchev–Trinajstić information content (AvgIpc) is 2.97. The summed E-state index contributed by atoms with van der Waals surface area (Å²) in [5.74, 6) is 0.518. The van der Waals surface area contributed by atoms with Gasteiger partial charge in [0.25, 0.3) is 0 Å². The summed E-state index contributed by atoms with van der Waals surface area (Å²) in [6, 6.07) is 15.7. The Morgan fingerprint density at radius 3 is 2.77 bits per heavy atom. The Balaban J connectivity index is 1.45. The normalized spacial score (nSPS) is 12.6. The predicted molar refractivity (Wildman–Crippen MR) is 85.8 cm³/mol. The van der Waals surface area contributed by atoms with Gasteiger partial charge in [-0.15, -0.1) is 10.2 Å². The fourth-order valence-corrected chi connectivity index (χ4v) is 2.85. The molecule has 0 fully saturated rings. The van der Waals surface area contributed by atoms with Gasteiger partial charge in [-0.2, -0.15) is 0 Å². The number of rotatable bonds is 7. The molecule has 0 saturated heterocycles. The van der Waals surface area contributed by atoms with Gasteiger partial charge in [-0.1, -0.05) is 48.2 Å². The third-order valence-corrected chi connectivity index (χ3v) is 4.20. The number of benzene rings is 1. The van der Waals surface area contributed by atoms with Crippen molar-refractivity contribution in [3.05, 3.63) is 60.3 Å². The van der Waals surface area contributed by atoms with E-state index in [1.165, 1.54) is 11.8 Å². The number of thioether (sulfide) groups is 1. The number of fused-ring (bicyclic) bond motifs is 1. The van der Waals surface area contributed by atoms with Crippen molar-refractivity contribution in [2.24, 2.45) is 0 Å². The van der Waals surface area contributed by atoms with Gasteiger partial charge in [0.1, 0.15) is 0 Å². The van der Waals surface area contributed by atoms with Gasteiger partial charge in [-0.05, 0) is 17.7 Å². The Kier molecular flexibility index (Phi) is 5.05. The molecule has 1 N–H and O–H groups in total. The minimum absolute atomic E-state index is 0.304. The first-order valence-electron chi connectivity index (χ1n) is 7.05. The molecule has 114 valence electrons. The van der Waals surface area contributed by atoms with E-state index in [-0.39, 0.29) is 0 Å². The molecule has 1 aromatic carbocycles. The van der Waals surface area contributed by atoms with Gasteiger partial charge in [0, 0.05) is 11.9 Å². The number of hydrogen-bond acceptors (Lipinski definition) is 5. The van der Waals surface area contributed by atoms with E-state index < -0.39 is 6.10 Å². The number of aliphatic hydroxyl groups is 1. The van der Waals surface area contributed by atoms with E-state index in [4.69, 9.17) is 4.74 Å². The zero-order chi connectivity index (χ0) is 15.2. The molecule has 3 rings (SSSR count). The zero-order valence-electron chi connectivity index (χ0n) is 12.0. The molecule has 0 radical (unpaired) electrons. The molecule has 0 aliphatic rings. The third-order valence-electron chi connectivity index (χ3n) is 3.11. The number of aromatic nitrogens is 3. The average molecular weight is 315 g/mol. The van der Waals surface area contributed by atoms with Crippen molar-refractivity contribution in [2.75, 3.05) is 12.4 Å². The first-order valence-corrected chi connectivity index (χ1v) is 8.04. The van der Waals surface area contributed by atoms with Gasteiger partial charge in [-0.3, -0.25) is 4.40 Å². The van der Waals surface area contributed by atoms with Gasteiger partial charge < -0.3 is 9.84 Å². The van der Waals surface area contributed by atoms with Crippen LogP contribution in [0.1, 0.15) is 5.56 Å². The molecule has 6 heteroatoms. The van der Waals surface area contributed by atoms with E-state index in [0.29, 0.717) is 19.0 Å². The first-order chi connectivity index (χ1) is 10.8. The van der Waals surface area contributed by atoms with Gasteiger partial charge in [0.15, 0.2) is 10.8 Å². The van der Waals surface area contributed by atoms with Crippen molar-refractivity contribution in [2.45, 2.75) is 17.9 Å². The zero-order valence-corrected chi connectivity index (χ0v) is 12.8. The van der Waals surface area contributed by atoms with Gasteiger partial charge in [0.2, 0.25) is 0 Å². The highest BCUT2D eigenvalue weighted by Crippen LogP contribution is 2.17. The number of ether oxygens (including phenoxy) is 1. The van der Waals surface area contributed by atoms with Crippen molar-refractivity contribution in [1.29, 1.82) is 0 Å².